The third-order valence-corrected chi connectivity index (χ3v) is 6.17. The molecular formula is C22H29N3O. The van der Waals surface area contributed by atoms with Gasteiger partial charge in [0, 0.05) is 37.9 Å². The summed E-state index contributed by atoms with van der Waals surface area (Å²) in [7, 11) is 0. The summed E-state index contributed by atoms with van der Waals surface area (Å²) in [6.45, 7) is 3.93. The van der Waals surface area contributed by atoms with Crippen LogP contribution >= 0.6 is 0 Å². The first-order valence-corrected chi connectivity index (χ1v) is 10.0. The fourth-order valence-corrected chi connectivity index (χ4v) is 4.72. The molecule has 2 heterocycles. The van der Waals surface area contributed by atoms with Crippen LogP contribution in [0.2, 0.25) is 0 Å². The first-order chi connectivity index (χ1) is 12.7. The van der Waals surface area contributed by atoms with Gasteiger partial charge in [-0.2, -0.15) is 0 Å². The van der Waals surface area contributed by atoms with E-state index < -0.39 is 0 Å². The Morgan fingerprint density at radius 1 is 1.19 bits per heavy atom. The Labute approximate surface area is 156 Å². The van der Waals surface area contributed by atoms with Crippen molar-refractivity contribution in [1.82, 2.24) is 14.5 Å². The highest BCUT2D eigenvalue weighted by Gasteiger charge is 2.30. The number of hydrogen-bond donors (Lipinski definition) is 0. The maximum Gasteiger partial charge on any atom is 0.223 e. The van der Waals surface area contributed by atoms with E-state index in [1.807, 2.05) is 19.3 Å². The van der Waals surface area contributed by atoms with Crippen LogP contribution in [0.25, 0.3) is 0 Å². The zero-order valence-corrected chi connectivity index (χ0v) is 15.7. The lowest BCUT2D eigenvalue weighted by Gasteiger charge is -2.36. The molecule has 1 amide bonds. The minimum Gasteiger partial charge on any atom is -0.340 e. The van der Waals surface area contributed by atoms with Gasteiger partial charge in [0.1, 0.15) is 5.82 Å². The van der Waals surface area contributed by atoms with E-state index in [1.54, 1.807) is 0 Å². The Hall–Kier alpha value is -2.10. The molecule has 4 heteroatoms. The van der Waals surface area contributed by atoms with E-state index in [0.29, 0.717) is 24.3 Å². The molecule has 0 spiro atoms. The summed E-state index contributed by atoms with van der Waals surface area (Å²) in [4.78, 5) is 19.5. The van der Waals surface area contributed by atoms with Crippen molar-refractivity contribution in [2.24, 2.45) is 5.92 Å². The summed E-state index contributed by atoms with van der Waals surface area (Å²) in [5, 5.41) is 0. The Kier molecular flexibility index (Phi) is 5.09. The Bertz CT molecular complexity index is 741. The largest absolute Gasteiger partial charge is 0.340 e. The molecule has 0 saturated carbocycles. The molecule has 0 bridgehead atoms. The molecular weight excluding hydrogens is 322 g/mol. The molecule has 1 aromatic heterocycles. The lowest BCUT2D eigenvalue weighted by atomic mass is 9.96. The second-order valence-corrected chi connectivity index (χ2v) is 7.94. The van der Waals surface area contributed by atoms with Crippen LogP contribution in [0.15, 0.2) is 36.7 Å². The number of likely N-dealkylation sites (tertiary alicyclic amines) is 1. The molecule has 0 radical (unpaired) electrons. The predicted octanol–water partition coefficient (Wildman–Crippen LogP) is 3.77. The van der Waals surface area contributed by atoms with Crippen molar-refractivity contribution in [2.75, 3.05) is 6.54 Å². The second-order valence-electron chi connectivity index (χ2n) is 7.94. The molecule has 1 atom stereocenters. The number of aryl methyl sites for hydroxylation is 2. The highest BCUT2D eigenvalue weighted by molar-refractivity contribution is 5.77. The number of fused-ring (bicyclic) bond motifs is 1. The standard InChI is InChI=1S/C22H29N3O/c1-17-23-10-13-24(17)12-9-21-8-4-5-11-25(21)22(26)16-18-14-19-6-2-3-7-20(19)15-18/h2-3,6-7,10,13,18,21H,4-5,8-9,11-12,14-16H2,1H3/t21-/m1/s1. The summed E-state index contributed by atoms with van der Waals surface area (Å²) in [5.41, 5.74) is 2.88. The molecule has 1 fully saturated rings. The van der Waals surface area contributed by atoms with Gasteiger partial charge in [-0.05, 0) is 62.5 Å². The number of amides is 1. The van der Waals surface area contributed by atoms with Gasteiger partial charge < -0.3 is 9.47 Å². The Balaban J connectivity index is 1.35. The number of carbonyl (C=O) groups excluding carboxylic acids is 1. The monoisotopic (exact) mass is 351 g/mol. The van der Waals surface area contributed by atoms with E-state index >= 15 is 0 Å². The molecule has 2 aromatic rings. The van der Waals surface area contributed by atoms with Gasteiger partial charge in [0.25, 0.3) is 0 Å². The molecule has 1 aliphatic heterocycles. The highest BCUT2D eigenvalue weighted by Crippen LogP contribution is 2.30. The zero-order valence-electron chi connectivity index (χ0n) is 15.7. The van der Waals surface area contributed by atoms with Crippen molar-refractivity contribution < 1.29 is 4.79 Å². The number of piperidine rings is 1. The predicted molar refractivity (Wildman–Crippen MR) is 103 cm³/mol. The second kappa shape index (κ2) is 7.65. The quantitative estimate of drug-likeness (QED) is 0.822. The third-order valence-electron chi connectivity index (χ3n) is 6.17. The SMILES string of the molecule is Cc1nccn1CC[C@H]1CCCCN1C(=O)CC1Cc2ccccc2C1. The average Bonchev–Trinajstić information content (AvgIpc) is 3.25. The van der Waals surface area contributed by atoms with Gasteiger partial charge in [-0.25, -0.2) is 4.98 Å². The normalized spacial score (nSPS) is 20.3. The van der Waals surface area contributed by atoms with Crippen molar-refractivity contribution in [1.29, 1.82) is 0 Å². The van der Waals surface area contributed by atoms with Crippen molar-refractivity contribution in [3.05, 3.63) is 53.6 Å². The van der Waals surface area contributed by atoms with Crippen LogP contribution in [-0.4, -0.2) is 32.9 Å². The van der Waals surface area contributed by atoms with Crippen molar-refractivity contribution in [2.45, 2.75) is 64.5 Å². The Morgan fingerprint density at radius 3 is 2.65 bits per heavy atom. The van der Waals surface area contributed by atoms with Crippen LogP contribution in [0, 0.1) is 12.8 Å². The number of nitrogens with zero attached hydrogens (tertiary/aromatic N) is 3. The number of benzene rings is 1. The van der Waals surface area contributed by atoms with Crippen LogP contribution in [0.1, 0.15) is 49.1 Å². The molecule has 1 saturated heterocycles. The lowest BCUT2D eigenvalue weighted by molar-refractivity contribution is -0.136. The van der Waals surface area contributed by atoms with Gasteiger partial charge in [-0.15, -0.1) is 0 Å². The maximum absolute atomic E-state index is 13.1. The van der Waals surface area contributed by atoms with E-state index in [2.05, 4.69) is 38.7 Å². The number of rotatable bonds is 5. The molecule has 138 valence electrons. The van der Waals surface area contributed by atoms with Gasteiger partial charge in [-0.1, -0.05) is 24.3 Å². The average molecular weight is 351 g/mol. The summed E-state index contributed by atoms with van der Waals surface area (Å²) >= 11 is 0. The van der Waals surface area contributed by atoms with Gasteiger partial charge in [0.2, 0.25) is 5.91 Å². The Morgan fingerprint density at radius 2 is 1.96 bits per heavy atom. The van der Waals surface area contributed by atoms with Gasteiger partial charge >= 0.3 is 0 Å². The van der Waals surface area contributed by atoms with E-state index in [9.17, 15) is 4.79 Å². The van der Waals surface area contributed by atoms with Crippen molar-refractivity contribution in [3.63, 3.8) is 0 Å². The summed E-state index contributed by atoms with van der Waals surface area (Å²) in [6, 6.07) is 9.05. The summed E-state index contributed by atoms with van der Waals surface area (Å²) < 4.78 is 2.20. The summed E-state index contributed by atoms with van der Waals surface area (Å²) in [5.74, 6) is 1.91. The van der Waals surface area contributed by atoms with Gasteiger partial charge in [0.15, 0.2) is 0 Å². The molecule has 4 rings (SSSR count). The molecule has 2 aliphatic rings. The highest BCUT2D eigenvalue weighted by atomic mass is 16.2. The zero-order chi connectivity index (χ0) is 17.9. The third kappa shape index (κ3) is 3.69. The first-order valence-electron chi connectivity index (χ1n) is 10.0. The van der Waals surface area contributed by atoms with Crippen molar-refractivity contribution in [3.8, 4) is 0 Å². The van der Waals surface area contributed by atoms with E-state index in [-0.39, 0.29) is 0 Å². The van der Waals surface area contributed by atoms with E-state index in [0.717, 1.165) is 51.0 Å². The van der Waals surface area contributed by atoms with Crippen LogP contribution in [0.5, 0.6) is 0 Å². The molecule has 26 heavy (non-hydrogen) atoms. The van der Waals surface area contributed by atoms with E-state index in [4.69, 9.17) is 0 Å². The van der Waals surface area contributed by atoms with Crippen molar-refractivity contribution >= 4 is 5.91 Å². The van der Waals surface area contributed by atoms with Crippen LogP contribution in [0.4, 0.5) is 0 Å². The van der Waals surface area contributed by atoms with Crippen LogP contribution in [0.3, 0.4) is 0 Å². The fourth-order valence-electron chi connectivity index (χ4n) is 4.72. The molecule has 1 aromatic carbocycles. The van der Waals surface area contributed by atoms with Gasteiger partial charge in [-0.3, -0.25) is 4.79 Å². The minimum absolute atomic E-state index is 0.370. The van der Waals surface area contributed by atoms with Crippen LogP contribution in [-0.2, 0) is 24.2 Å². The maximum atomic E-state index is 13.1. The van der Waals surface area contributed by atoms with Gasteiger partial charge in [0.05, 0.1) is 0 Å². The number of carbonyl (C=O) groups is 1. The minimum atomic E-state index is 0.370. The smallest absolute Gasteiger partial charge is 0.223 e. The molecule has 4 nitrogen and oxygen atoms in total. The first kappa shape index (κ1) is 17.3. The summed E-state index contributed by atoms with van der Waals surface area (Å²) in [6.07, 6.45) is 11.3. The molecule has 0 N–H and O–H groups in total. The number of imidazole rings is 1. The number of aromatic nitrogens is 2. The molecule has 0 unspecified atom stereocenters. The van der Waals surface area contributed by atoms with Crippen LogP contribution < -0.4 is 0 Å². The fraction of sp³-hybridized carbons (Fsp3) is 0.545. The lowest BCUT2D eigenvalue weighted by Crippen LogP contribution is -2.44. The topological polar surface area (TPSA) is 38.1 Å². The molecule has 1 aliphatic carbocycles. The van der Waals surface area contributed by atoms with E-state index in [1.165, 1.54) is 17.5 Å². The number of hydrogen-bond acceptors (Lipinski definition) is 2.